The van der Waals surface area contributed by atoms with Crippen molar-refractivity contribution in [3.63, 3.8) is 0 Å². The Morgan fingerprint density at radius 1 is 0.968 bits per heavy atom. The van der Waals surface area contributed by atoms with Crippen LogP contribution in [0.2, 0.25) is 0 Å². The minimum absolute atomic E-state index is 0.0769. The van der Waals surface area contributed by atoms with Crippen molar-refractivity contribution >= 4 is 21.6 Å². The van der Waals surface area contributed by atoms with Gasteiger partial charge in [0, 0.05) is 12.6 Å². The molecule has 0 saturated heterocycles. The summed E-state index contributed by atoms with van der Waals surface area (Å²) >= 11 is 0. The van der Waals surface area contributed by atoms with Gasteiger partial charge in [-0.2, -0.15) is 0 Å². The molecule has 0 fully saturated rings. The highest BCUT2D eigenvalue weighted by molar-refractivity contribution is 7.92. The zero-order valence-electron chi connectivity index (χ0n) is 18.3. The van der Waals surface area contributed by atoms with Crippen LogP contribution in [0.5, 0.6) is 0 Å². The SMILES string of the molecule is CCC(NC(=O)c1cccc(S(=O)(=O)N(C)c2cccc(C)c2)c1)c1ccccc1C. The molecular formula is C25H28N2O3S. The van der Waals surface area contributed by atoms with E-state index in [4.69, 9.17) is 0 Å². The first-order valence-electron chi connectivity index (χ1n) is 10.3. The smallest absolute Gasteiger partial charge is 0.264 e. The van der Waals surface area contributed by atoms with E-state index in [-0.39, 0.29) is 16.8 Å². The molecule has 0 radical (unpaired) electrons. The van der Waals surface area contributed by atoms with Crippen LogP contribution in [0.3, 0.4) is 0 Å². The lowest BCUT2D eigenvalue weighted by Gasteiger charge is -2.21. The molecule has 0 aliphatic heterocycles. The molecule has 3 aromatic rings. The lowest BCUT2D eigenvalue weighted by atomic mass is 9.99. The topological polar surface area (TPSA) is 66.5 Å². The summed E-state index contributed by atoms with van der Waals surface area (Å²) in [6.45, 7) is 5.93. The predicted octanol–water partition coefficient (Wildman–Crippen LogP) is 5.01. The first-order valence-corrected chi connectivity index (χ1v) is 11.7. The molecule has 0 saturated carbocycles. The summed E-state index contributed by atoms with van der Waals surface area (Å²) in [5.41, 5.74) is 4.01. The maximum absolute atomic E-state index is 13.2. The summed E-state index contributed by atoms with van der Waals surface area (Å²) in [7, 11) is -2.29. The van der Waals surface area contributed by atoms with Gasteiger partial charge in [0.15, 0.2) is 0 Å². The molecule has 3 rings (SSSR count). The maximum Gasteiger partial charge on any atom is 0.264 e. The number of benzene rings is 3. The van der Waals surface area contributed by atoms with E-state index < -0.39 is 10.0 Å². The lowest BCUT2D eigenvalue weighted by molar-refractivity contribution is 0.0935. The third-order valence-electron chi connectivity index (χ3n) is 5.40. The molecule has 0 spiro atoms. The first-order chi connectivity index (χ1) is 14.7. The van der Waals surface area contributed by atoms with Crippen LogP contribution in [0.4, 0.5) is 5.69 Å². The normalized spacial score (nSPS) is 12.3. The lowest BCUT2D eigenvalue weighted by Crippen LogP contribution is -2.29. The second-order valence-corrected chi connectivity index (χ2v) is 9.60. The Kier molecular flexibility index (Phi) is 6.81. The van der Waals surface area contributed by atoms with Crippen molar-refractivity contribution < 1.29 is 13.2 Å². The van der Waals surface area contributed by atoms with Crippen LogP contribution in [0.1, 0.15) is 46.4 Å². The van der Waals surface area contributed by atoms with Crippen molar-refractivity contribution in [2.45, 2.75) is 38.1 Å². The first kappa shape index (κ1) is 22.6. The fourth-order valence-corrected chi connectivity index (χ4v) is 4.77. The van der Waals surface area contributed by atoms with Crippen molar-refractivity contribution in [3.05, 3.63) is 95.1 Å². The molecule has 1 atom stereocenters. The number of carbonyl (C=O) groups excluding carboxylic acids is 1. The number of anilines is 1. The van der Waals surface area contributed by atoms with Crippen molar-refractivity contribution in [2.24, 2.45) is 0 Å². The van der Waals surface area contributed by atoms with Gasteiger partial charge >= 0.3 is 0 Å². The van der Waals surface area contributed by atoms with Gasteiger partial charge in [0.05, 0.1) is 16.6 Å². The number of hydrogen-bond donors (Lipinski definition) is 1. The van der Waals surface area contributed by atoms with E-state index in [0.29, 0.717) is 11.3 Å². The van der Waals surface area contributed by atoms with Crippen molar-refractivity contribution in [2.75, 3.05) is 11.4 Å². The van der Waals surface area contributed by atoms with E-state index in [0.717, 1.165) is 23.1 Å². The van der Waals surface area contributed by atoms with Gasteiger partial charge in [0.1, 0.15) is 0 Å². The maximum atomic E-state index is 13.2. The molecule has 31 heavy (non-hydrogen) atoms. The van der Waals surface area contributed by atoms with E-state index in [1.807, 2.05) is 63.2 Å². The Hall–Kier alpha value is -3.12. The van der Waals surface area contributed by atoms with E-state index in [9.17, 15) is 13.2 Å². The van der Waals surface area contributed by atoms with Crippen LogP contribution in [0.25, 0.3) is 0 Å². The van der Waals surface area contributed by atoms with Gasteiger partial charge in [-0.15, -0.1) is 0 Å². The molecule has 5 nitrogen and oxygen atoms in total. The molecule has 0 aliphatic rings. The number of sulfonamides is 1. The zero-order valence-corrected chi connectivity index (χ0v) is 19.1. The second-order valence-electron chi connectivity index (χ2n) is 7.63. The molecule has 1 amide bonds. The standard InChI is InChI=1S/C25H28N2O3S/c1-5-24(23-15-7-6-11-19(23)3)26-25(28)20-12-9-14-22(17-20)31(29,30)27(4)21-13-8-10-18(2)16-21/h6-17,24H,5H2,1-4H3,(H,26,28). The number of nitrogens with zero attached hydrogens (tertiary/aromatic N) is 1. The largest absolute Gasteiger partial charge is 0.345 e. The Labute approximate surface area is 184 Å². The number of hydrogen-bond acceptors (Lipinski definition) is 3. The molecule has 6 heteroatoms. The highest BCUT2D eigenvalue weighted by atomic mass is 32.2. The predicted molar refractivity (Wildman–Crippen MR) is 125 cm³/mol. The van der Waals surface area contributed by atoms with Crippen LogP contribution in [0.15, 0.2) is 77.7 Å². The van der Waals surface area contributed by atoms with Gasteiger partial charge in [0.25, 0.3) is 15.9 Å². The molecule has 1 N–H and O–H groups in total. The Bertz CT molecular complexity index is 1190. The molecule has 0 aliphatic carbocycles. The monoisotopic (exact) mass is 436 g/mol. The average Bonchev–Trinajstić information content (AvgIpc) is 2.77. The highest BCUT2D eigenvalue weighted by Crippen LogP contribution is 2.24. The third kappa shape index (κ3) is 4.97. The minimum atomic E-state index is -3.80. The highest BCUT2D eigenvalue weighted by Gasteiger charge is 2.23. The fourth-order valence-electron chi connectivity index (χ4n) is 3.54. The third-order valence-corrected chi connectivity index (χ3v) is 7.18. The van der Waals surface area contributed by atoms with Crippen molar-refractivity contribution in [3.8, 4) is 0 Å². The molecule has 0 heterocycles. The summed E-state index contributed by atoms with van der Waals surface area (Å²) in [5.74, 6) is -0.301. The number of rotatable bonds is 7. The minimum Gasteiger partial charge on any atom is -0.345 e. The van der Waals surface area contributed by atoms with E-state index in [2.05, 4.69) is 5.32 Å². The van der Waals surface area contributed by atoms with Crippen LogP contribution in [-0.2, 0) is 10.0 Å². The van der Waals surface area contributed by atoms with Crippen molar-refractivity contribution in [1.29, 1.82) is 0 Å². The summed E-state index contributed by atoms with van der Waals surface area (Å²) < 4.78 is 27.6. The van der Waals surface area contributed by atoms with Gasteiger partial charge in [-0.3, -0.25) is 9.10 Å². The summed E-state index contributed by atoms with van der Waals surface area (Å²) in [4.78, 5) is 13.0. The Balaban J connectivity index is 1.86. The second kappa shape index (κ2) is 9.35. The molecule has 3 aromatic carbocycles. The van der Waals surface area contributed by atoms with Crippen LogP contribution in [0, 0.1) is 13.8 Å². The number of carbonyl (C=O) groups is 1. The number of aryl methyl sites for hydroxylation is 2. The quantitative estimate of drug-likeness (QED) is 0.566. The van der Waals surface area contributed by atoms with Gasteiger partial charge in [-0.25, -0.2) is 8.42 Å². The van der Waals surface area contributed by atoms with E-state index in [1.54, 1.807) is 18.2 Å². The molecule has 162 valence electrons. The van der Waals surface area contributed by atoms with Crippen LogP contribution < -0.4 is 9.62 Å². The molecule has 1 unspecified atom stereocenters. The Morgan fingerprint density at radius 2 is 1.68 bits per heavy atom. The summed E-state index contributed by atoms with van der Waals surface area (Å²) in [6.07, 6.45) is 0.727. The molecule has 0 aromatic heterocycles. The molecule has 0 bridgehead atoms. The van der Waals surface area contributed by atoms with Crippen LogP contribution >= 0.6 is 0 Å². The van der Waals surface area contributed by atoms with Crippen LogP contribution in [-0.4, -0.2) is 21.4 Å². The van der Waals surface area contributed by atoms with E-state index in [1.165, 1.54) is 23.5 Å². The number of nitrogens with one attached hydrogen (secondary N) is 1. The Morgan fingerprint density at radius 3 is 2.35 bits per heavy atom. The average molecular weight is 437 g/mol. The van der Waals surface area contributed by atoms with Crippen molar-refractivity contribution in [1.82, 2.24) is 5.32 Å². The fraction of sp³-hybridized carbons (Fsp3) is 0.240. The zero-order chi connectivity index (χ0) is 22.6. The van der Waals surface area contributed by atoms with Gasteiger partial charge in [-0.05, 0) is 67.3 Å². The molecular weight excluding hydrogens is 408 g/mol. The summed E-state index contributed by atoms with van der Waals surface area (Å²) in [5, 5.41) is 3.04. The summed E-state index contributed by atoms with van der Waals surface area (Å²) in [6, 6.07) is 21.2. The van der Waals surface area contributed by atoms with Gasteiger partial charge in [-0.1, -0.05) is 49.4 Å². The van der Waals surface area contributed by atoms with E-state index >= 15 is 0 Å². The van der Waals surface area contributed by atoms with Gasteiger partial charge in [0.2, 0.25) is 0 Å². The van der Waals surface area contributed by atoms with Gasteiger partial charge < -0.3 is 5.32 Å². The number of amides is 1.